The number of nitrogens with zero attached hydrogens (tertiary/aromatic N) is 9. The summed E-state index contributed by atoms with van der Waals surface area (Å²) in [6.45, 7) is 14.3. The summed E-state index contributed by atoms with van der Waals surface area (Å²) in [5, 5.41) is 24.9. The molecule has 0 bridgehead atoms. The number of rotatable bonds is 13. The van der Waals surface area contributed by atoms with Gasteiger partial charge in [0.15, 0.2) is 11.3 Å². The van der Waals surface area contributed by atoms with Crippen LogP contribution in [0.4, 0.5) is 25.2 Å². The van der Waals surface area contributed by atoms with Gasteiger partial charge in [0.25, 0.3) is 0 Å². The van der Waals surface area contributed by atoms with Gasteiger partial charge in [-0.15, -0.1) is 0 Å². The number of alkyl carbamates (subject to hydrolysis) is 1. The minimum absolute atomic E-state index is 0. The highest BCUT2D eigenvalue weighted by Gasteiger charge is 2.38. The molecule has 4 saturated heterocycles. The monoisotopic (exact) mass is 1210 g/mol. The van der Waals surface area contributed by atoms with Gasteiger partial charge in [-0.1, -0.05) is 57.7 Å². The molecule has 10 rings (SSSR count). The number of hydrogen-bond donors (Lipinski definition) is 6. The zero-order chi connectivity index (χ0) is 59.3. The molecule has 7 N–H and O–H groups in total. The second-order valence-electron chi connectivity index (χ2n) is 22.4. The third-order valence-electron chi connectivity index (χ3n) is 14.4. The predicted molar refractivity (Wildman–Crippen MR) is 318 cm³/mol. The predicted octanol–water partition coefficient (Wildman–Crippen LogP) is 6.79. The minimum atomic E-state index is -3.80. The SMILES string of the molecule is C.C.CS(=O)(=O)NC(C(=O)O)c1ccccc1F.Cc1cn2nc([C@@H]3CCCCN3)cc2nc1N1CC[C@H](NC(=O)OC(C)(C)C)C1.Cc1cn2nc([C@@H]3CCCCN3C(=O)C(NS(C)(=O)=O)c3ccccc3F)cc2nc1N1CC[C@H](N)C1. The molecule has 4 aromatic heterocycles. The summed E-state index contributed by atoms with van der Waals surface area (Å²) in [7, 11) is -7.53. The molecular formula is C57H82F2N14O9S2. The Morgan fingerprint density at radius 3 is 1.77 bits per heavy atom. The molecule has 4 aliphatic heterocycles. The number of carboxylic acid groups (broad SMARTS) is 1. The fourth-order valence-corrected chi connectivity index (χ4v) is 12.0. The number of piperidine rings is 2. The lowest BCUT2D eigenvalue weighted by atomic mass is 9.97. The van der Waals surface area contributed by atoms with Gasteiger partial charge in [0.1, 0.15) is 41.0 Å². The Morgan fingerprint density at radius 1 is 0.726 bits per heavy atom. The van der Waals surface area contributed by atoms with Crippen molar-refractivity contribution in [1.82, 2.24) is 54.2 Å². The van der Waals surface area contributed by atoms with Crippen LogP contribution in [0.1, 0.15) is 145 Å². The fourth-order valence-electron chi connectivity index (χ4n) is 10.6. The number of aliphatic carboxylic acids is 1. The summed E-state index contributed by atoms with van der Waals surface area (Å²) in [5.41, 5.74) is 10.7. The van der Waals surface area contributed by atoms with E-state index in [4.69, 9.17) is 35.7 Å². The number of carboxylic acids is 1. The molecule has 0 radical (unpaired) electrons. The van der Waals surface area contributed by atoms with Gasteiger partial charge in [-0.25, -0.2) is 49.4 Å². The molecule has 23 nitrogen and oxygen atoms in total. The largest absolute Gasteiger partial charge is 0.480 e. The Balaban J connectivity index is 0.000000215. The zero-order valence-corrected chi connectivity index (χ0v) is 48.8. The van der Waals surface area contributed by atoms with Gasteiger partial charge in [-0.05, 0) is 98.2 Å². The highest BCUT2D eigenvalue weighted by molar-refractivity contribution is 7.89. The second kappa shape index (κ2) is 27.9. The summed E-state index contributed by atoms with van der Waals surface area (Å²) in [5.74, 6) is -1.55. The molecule has 2 aromatic carbocycles. The first kappa shape index (κ1) is 66.2. The molecule has 8 heterocycles. The second-order valence-corrected chi connectivity index (χ2v) is 25.9. The van der Waals surface area contributed by atoms with E-state index in [-0.39, 0.29) is 50.2 Å². The summed E-state index contributed by atoms with van der Waals surface area (Å²) in [4.78, 5) is 52.5. The summed E-state index contributed by atoms with van der Waals surface area (Å²) < 4.78 is 87.3. The Hall–Kier alpha value is -6.91. The number of carbonyl (C=O) groups is 3. The van der Waals surface area contributed by atoms with Crippen molar-refractivity contribution < 1.29 is 49.8 Å². The topological polar surface area (TPSA) is 293 Å². The zero-order valence-electron chi connectivity index (χ0n) is 47.2. The number of likely N-dealkylation sites (tertiary alicyclic amines) is 1. The van der Waals surface area contributed by atoms with Gasteiger partial charge < -0.3 is 40.9 Å². The van der Waals surface area contributed by atoms with Crippen LogP contribution < -0.4 is 35.6 Å². The number of sulfonamides is 2. The van der Waals surface area contributed by atoms with Gasteiger partial charge in [0.05, 0.1) is 42.0 Å². The Labute approximate surface area is 491 Å². The maximum Gasteiger partial charge on any atom is 0.407 e. The summed E-state index contributed by atoms with van der Waals surface area (Å²) >= 11 is 0. The molecular weight excluding hydrogens is 1130 g/mol. The first-order valence-corrected chi connectivity index (χ1v) is 31.2. The fraction of sp³-hybridized carbons (Fsp3) is 0.526. The number of carbonyl (C=O) groups excluding carboxylic acids is 2. The Kier molecular flexibility index (Phi) is 22.0. The van der Waals surface area contributed by atoms with Crippen LogP contribution in [-0.4, -0.2) is 143 Å². The van der Waals surface area contributed by atoms with E-state index in [9.17, 15) is 40.0 Å². The number of fused-ring (bicyclic) bond motifs is 2. The van der Waals surface area contributed by atoms with E-state index >= 15 is 0 Å². The number of nitrogens with two attached hydrogens (primary N) is 1. The molecule has 6 atom stereocenters. The normalized spacial score (nSPS) is 19.9. The van der Waals surface area contributed by atoms with E-state index < -0.39 is 61.2 Å². The number of benzene rings is 2. The molecule has 0 saturated carbocycles. The average molecular weight is 1210 g/mol. The molecule has 4 fully saturated rings. The molecule has 2 amide bonds. The van der Waals surface area contributed by atoms with E-state index in [1.165, 1.54) is 49.2 Å². The van der Waals surface area contributed by atoms with Crippen molar-refractivity contribution in [3.05, 3.63) is 118 Å². The van der Waals surface area contributed by atoms with Crippen molar-refractivity contribution in [3.63, 3.8) is 0 Å². The van der Waals surface area contributed by atoms with E-state index in [2.05, 4.69) is 44.3 Å². The third-order valence-corrected chi connectivity index (χ3v) is 15.7. The van der Waals surface area contributed by atoms with Crippen LogP contribution >= 0.6 is 0 Å². The third kappa shape index (κ3) is 17.1. The van der Waals surface area contributed by atoms with E-state index in [1.807, 2.05) is 49.2 Å². The van der Waals surface area contributed by atoms with Crippen LogP contribution in [0, 0.1) is 25.5 Å². The molecule has 0 spiro atoms. The lowest BCUT2D eigenvalue weighted by Crippen LogP contribution is -2.46. The number of anilines is 2. The molecule has 84 heavy (non-hydrogen) atoms. The molecule has 0 aliphatic carbocycles. The van der Waals surface area contributed by atoms with Gasteiger partial charge in [0.2, 0.25) is 26.0 Å². The van der Waals surface area contributed by atoms with E-state index in [1.54, 1.807) is 15.5 Å². The molecule has 4 aliphatic rings. The van der Waals surface area contributed by atoms with Crippen LogP contribution in [0.25, 0.3) is 11.3 Å². The minimum Gasteiger partial charge on any atom is -0.480 e. The molecule has 6 aromatic rings. The summed E-state index contributed by atoms with van der Waals surface area (Å²) in [6.07, 6.45) is 13.1. The number of aryl methyl sites for hydroxylation is 2. The highest BCUT2D eigenvalue weighted by atomic mass is 32.2. The average Bonchev–Trinajstić information content (AvgIpc) is 4.32. The van der Waals surface area contributed by atoms with Crippen LogP contribution in [0.3, 0.4) is 0 Å². The van der Waals surface area contributed by atoms with Crippen LogP contribution in [0.2, 0.25) is 0 Å². The smallest absolute Gasteiger partial charge is 0.407 e. The van der Waals surface area contributed by atoms with Crippen molar-refractivity contribution in [2.24, 2.45) is 5.73 Å². The molecule has 2 unspecified atom stereocenters. The molecule has 460 valence electrons. The van der Waals surface area contributed by atoms with Crippen LogP contribution in [-0.2, 0) is 34.4 Å². The van der Waals surface area contributed by atoms with Crippen molar-refractivity contribution in [3.8, 4) is 0 Å². The maximum absolute atomic E-state index is 14.7. The van der Waals surface area contributed by atoms with Crippen molar-refractivity contribution in [2.75, 3.05) is 61.6 Å². The molecule has 27 heteroatoms. The van der Waals surface area contributed by atoms with Crippen molar-refractivity contribution in [2.45, 2.75) is 143 Å². The van der Waals surface area contributed by atoms with Crippen LogP contribution in [0.5, 0.6) is 0 Å². The number of nitrogens with one attached hydrogen (secondary N) is 4. The first-order valence-electron chi connectivity index (χ1n) is 27.4. The van der Waals surface area contributed by atoms with Crippen LogP contribution in [0.15, 0.2) is 73.1 Å². The van der Waals surface area contributed by atoms with Gasteiger partial charge in [-0.3, -0.25) is 9.59 Å². The summed E-state index contributed by atoms with van der Waals surface area (Å²) in [6, 6.07) is 11.9. The Bertz CT molecular complexity index is 3500. The first-order chi connectivity index (χ1) is 38.7. The lowest BCUT2D eigenvalue weighted by Gasteiger charge is -2.37. The van der Waals surface area contributed by atoms with Gasteiger partial charge in [0, 0.05) is 85.5 Å². The highest BCUT2D eigenvalue weighted by Crippen LogP contribution is 2.35. The van der Waals surface area contributed by atoms with E-state index in [0.717, 1.165) is 118 Å². The standard InChI is InChI=1S/C25H32FN7O3S.C21H32N6O2.C9H10FNO4S.2CH4/c1-16-14-33-22(28-24(16)31-12-10-17(27)15-31)13-20(29-33)21-9-5-6-11-32(21)25(34)23(30-37(2,35)36)18-7-3-4-8-19(18)26;1-14-12-27-18(11-17(25-27)16-7-5-6-9-22-16)24-19(14)26-10-8-15(13-26)23-20(28)29-21(2,3)4;1-16(14,15)11-8(9(12)13)6-4-2-3-5-7(6)10;;/h3-4,7-8,13-14,17,21,23,30H,5-6,9-12,15,27H2,1-2H3;11-12,15-16,22H,5-10,13H2,1-4H3,(H,23,28);2-5,8,11H,1H3,(H,12,13);2*1H4/t17-,21-,23?;15-,16-;;;/m00.../s1. The van der Waals surface area contributed by atoms with E-state index in [0.29, 0.717) is 30.3 Å². The van der Waals surface area contributed by atoms with Gasteiger partial charge in [-0.2, -0.15) is 19.6 Å². The number of halogens is 2. The van der Waals surface area contributed by atoms with Crippen molar-refractivity contribution in [1.29, 1.82) is 0 Å². The number of amides is 2. The maximum atomic E-state index is 14.7. The number of aromatic nitrogens is 6. The van der Waals surface area contributed by atoms with Gasteiger partial charge >= 0.3 is 12.1 Å². The van der Waals surface area contributed by atoms with Crippen molar-refractivity contribution >= 4 is 60.9 Å². The Morgan fingerprint density at radius 2 is 1.25 bits per heavy atom. The lowest BCUT2D eigenvalue weighted by molar-refractivity contribution is -0.139. The number of ether oxygens (including phenoxy) is 1. The number of hydrogen-bond acceptors (Lipinski definition) is 16. The quantitative estimate of drug-likeness (QED) is 0.0694.